The Bertz CT molecular complexity index is 586. The number of hydrogen-bond acceptors (Lipinski definition) is 2. The largest absolute Gasteiger partial charge is 0.479 e. The van der Waals surface area contributed by atoms with Crippen molar-refractivity contribution in [3.63, 3.8) is 0 Å². The lowest BCUT2D eigenvalue weighted by atomic mass is 10.1. The van der Waals surface area contributed by atoms with Gasteiger partial charge in [-0.05, 0) is 64.6 Å². The Morgan fingerprint density at radius 3 is 2.47 bits per heavy atom. The Hall–Kier alpha value is -1.63. The van der Waals surface area contributed by atoms with E-state index in [0.29, 0.717) is 11.3 Å². The van der Waals surface area contributed by atoms with Crippen LogP contribution in [0.5, 0.6) is 0 Å². The van der Waals surface area contributed by atoms with E-state index < -0.39 is 12.0 Å². The Balaban J connectivity index is 2.26. The van der Waals surface area contributed by atoms with Gasteiger partial charge < -0.3 is 10.4 Å². The maximum atomic E-state index is 12.8. The zero-order valence-electron chi connectivity index (χ0n) is 9.81. The van der Waals surface area contributed by atoms with Crippen LogP contribution in [0.4, 0.5) is 10.1 Å². The number of aliphatic carboxylic acids is 1. The second kappa shape index (κ2) is 6.01. The van der Waals surface area contributed by atoms with Crippen LogP contribution in [-0.2, 0) is 4.79 Å². The molecule has 19 heavy (non-hydrogen) atoms. The summed E-state index contributed by atoms with van der Waals surface area (Å²) in [6.45, 7) is 0. The second-order valence-corrected chi connectivity index (χ2v) is 5.22. The van der Waals surface area contributed by atoms with Gasteiger partial charge in [0.25, 0.3) is 0 Å². The molecule has 3 nitrogen and oxygen atoms in total. The third-order valence-corrected chi connectivity index (χ3v) is 3.26. The lowest BCUT2D eigenvalue weighted by Gasteiger charge is -2.16. The second-order valence-electron chi connectivity index (χ2n) is 3.98. The van der Waals surface area contributed by atoms with Gasteiger partial charge in [0.05, 0.1) is 0 Å². The van der Waals surface area contributed by atoms with Crippen molar-refractivity contribution in [2.45, 2.75) is 6.04 Å². The topological polar surface area (TPSA) is 49.3 Å². The van der Waals surface area contributed by atoms with Crippen molar-refractivity contribution in [2.24, 2.45) is 0 Å². The first kappa shape index (κ1) is 13.8. The molecule has 1 unspecified atom stereocenters. The van der Waals surface area contributed by atoms with Gasteiger partial charge >= 0.3 is 5.97 Å². The molecule has 0 amide bonds. The van der Waals surface area contributed by atoms with E-state index >= 15 is 0 Å². The van der Waals surface area contributed by atoms with Crippen molar-refractivity contribution in [3.8, 4) is 0 Å². The van der Waals surface area contributed by atoms with Gasteiger partial charge in [-0.1, -0.05) is 12.1 Å². The molecule has 2 N–H and O–H groups in total. The predicted octanol–water partition coefficient (Wildman–Crippen LogP) is 3.67. The number of carbonyl (C=O) groups is 1. The van der Waals surface area contributed by atoms with Crippen molar-refractivity contribution in [1.29, 1.82) is 0 Å². The van der Waals surface area contributed by atoms with Crippen LogP contribution in [0, 0.1) is 9.39 Å². The average molecular weight is 371 g/mol. The summed E-state index contributed by atoms with van der Waals surface area (Å²) < 4.78 is 13.8. The lowest BCUT2D eigenvalue weighted by Crippen LogP contribution is -2.20. The van der Waals surface area contributed by atoms with E-state index in [2.05, 4.69) is 27.9 Å². The standard InChI is InChI=1S/C14H11FINO2/c15-10-4-6-12(7-5-10)17-13(14(18)19)9-2-1-3-11(16)8-9/h1-8,13,17H,(H,18,19). The lowest BCUT2D eigenvalue weighted by molar-refractivity contribution is -0.138. The van der Waals surface area contributed by atoms with Gasteiger partial charge in [0.15, 0.2) is 6.04 Å². The number of anilines is 1. The van der Waals surface area contributed by atoms with E-state index in [1.807, 2.05) is 6.07 Å². The number of hydrogen-bond donors (Lipinski definition) is 2. The van der Waals surface area contributed by atoms with Crippen LogP contribution >= 0.6 is 22.6 Å². The van der Waals surface area contributed by atoms with Crippen LogP contribution in [0.1, 0.15) is 11.6 Å². The molecule has 2 aromatic rings. The highest BCUT2D eigenvalue weighted by molar-refractivity contribution is 14.1. The van der Waals surface area contributed by atoms with Gasteiger partial charge in [0.1, 0.15) is 5.82 Å². The Morgan fingerprint density at radius 1 is 1.21 bits per heavy atom. The van der Waals surface area contributed by atoms with Gasteiger partial charge in [0, 0.05) is 9.26 Å². The minimum absolute atomic E-state index is 0.355. The molecule has 0 saturated heterocycles. The smallest absolute Gasteiger partial charge is 0.330 e. The summed E-state index contributed by atoms with van der Waals surface area (Å²) in [6, 6.07) is 12.0. The molecular weight excluding hydrogens is 360 g/mol. The summed E-state index contributed by atoms with van der Waals surface area (Å²) >= 11 is 2.13. The SMILES string of the molecule is O=C(O)C(Nc1ccc(F)cc1)c1cccc(I)c1. The van der Waals surface area contributed by atoms with Crippen LogP contribution in [0.3, 0.4) is 0 Å². The molecular formula is C14H11FINO2. The molecule has 2 aromatic carbocycles. The van der Waals surface area contributed by atoms with E-state index in [4.69, 9.17) is 0 Å². The minimum Gasteiger partial charge on any atom is -0.479 e. The first-order valence-electron chi connectivity index (χ1n) is 5.56. The molecule has 0 aliphatic rings. The molecule has 5 heteroatoms. The number of carboxylic acid groups (broad SMARTS) is 1. The molecule has 0 fully saturated rings. The molecule has 0 spiro atoms. The number of nitrogens with one attached hydrogen (secondary N) is 1. The Labute approximate surface area is 123 Å². The number of rotatable bonds is 4. The zero-order chi connectivity index (χ0) is 13.8. The van der Waals surface area contributed by atoms with Crippen molar-refractivity contribution < 1.29 is 14.3 Å². The van der Waals surface area contributed by atoms with E-state index in [-0.39, 0.29) is 5.82 Å². The van der Waals surface area contributed by atoms with Crippen LogP contribution in [0.2, 0.25) is 0 Å². The highest BCUT2D eigenvalue weighted by Crippen LogP contribution is 2.21. The third-order valence-electron chi connectivity index (χ3n) is 2.58. The van der Waals surface area contributed by atoms with Crippen LogP contribution in [0.15, 0.2) is 48.5 Å². The Morgan fingerprint density at radius 2 is 1.89 bits per heavy atom. The highest BCUT2D eigenvalue weighted by Gasteiger charge is 2.19. The first-order chi connectivity index (χ1) is 9.06. The highest BCUT2D eigenvalue weighted by atomic mass is 127. The first-order valence-corrected chi connectivity index (χ1v) is 6.64. The minimum atomic E-state index is -0.980. The van der Waals surface area contributed by atoms with Crippen molar-refractivity contribution in [2.75, 3.05) is 5.32 Å². The van der Waals surface area contributed by atoms with Gasteiger partial charge in [-0.3, -0.25) is 0 Å². The van der Waals surface area contributed by atoms with Crippen molar-refractivity contribution in [3.05, 3.63) is 63.5 Å². The Kier molecular flexibility index (Phi) is 4.36. The fourth-order valence-corrected chi connectivity index (χ4v) is 2.25. The van der Waals surface area contributed by atoms with E-state index in [9.17, 15) is 14.3 Å². The summed E-state index contributed by atoms with van der Waals surface area (Å²) in [5.41, 5.74) is 1.22. The number of halogens is 2. The third kappa shape index (κ3) is 3.66. The summed E-state index contributed by atoms with van der Waals surface area (Å²) in [7, 11) is 0. The fraction of sp³-hybridized carbons (Fsp3) is 0.0714. The predicted molar refractivity (Wildman–Crippen MR) is 79.6 cm³/mol. The molecule has 0 aliphatic heterocycles. The molecule has 2 rings (SSSR count). The maximum Gasteiger partial charge on any atom is 0.330 e. The molecule has 0 aliphatic carbocycles. The molecule has 1 atom stereocenters. The molecule has 98 valence electrons. The summed E-state index contributed by atoms with van der Waals surface area (Å²) in [6.07, 6.45) is 0. The molecule has 0 radical (unpaired) electrons. The van der Waals surface area contributed by atoms with E-state index in [1.165, 1.54) is 24.3 Å². The van der Waals surface area contributed by atoms with Crippen LogP contribution in [0.25, 0.3) is 0 Å². The van der Waals surface area contributed by atoms with Gasteiger partial charge in [-0.2, -0.15) is 0 Å². The summed E-state index contributed by atoms with van der Waals surface area (Å²) in [4.78, 5) is 11.3. The van der Waals surface area contributed by atoms with E-state index in [1.54, 1.807) is 18.2 Å². The normalized spacial score (nSPS) is 11.9. The van der Waals surface area contributed by atoms with Crippen molar-refractivity contribution in [1.82, 2.24) is 0 Å². The number of benzene rings is 2. The summed E-state index contributed by atoms with van der Waals surface area (Å²) in [5.74, 6) is -1.34. The zero-order valence-corrected chi connectivity index (χ0v) is 12.0. The molecule has 0 heterocycles. The van der Waals surface area contributed by atoms with Gasteiger partial charge in [0.2, 0.25) is 0 Å². The monoisotopic (exact) mass is 371 g/mol. The fourth-order valence-electron chi connectivity index (χ4n) is 1.69. The van der Waals surface area contributed by atoms with Crippen LogP contribution in [-0.4, -0.2) is 11.1 Å². The van der Waals surface area contributed by atoms with E-state index in [0.717, 1.165) is 3.57 Å². The maximum absolute atomic E-state index is 12.8. The number of carboxylic acids is 1. The average Bonchev–Trinajstić information content (AvgIpc) is 2.37. The summed E-state index contributed by atoms with van der Waals surface area (Å²) in [5, 5.41) is 12.2. The van der Waals surface area contributed by atoms with Gasteiger partial charge in [-0.25, -0.2) is 9.18 Å². The van der Waals surface area contributed by atoms with Crippen LogP contribution < -0.4 is 5.32 Å². The molecule has 0 aromatic heterocycles. The molecule has 0 saturated carbocycles. The van der Waals surface area contributed by atoms with Crippen molar-refractivity contribution >= 4 is 34.2 Å². The quantitative estimate of drug-likeness (QED) is 0.807. The van der Waals surface area contributed by atoms with Gasteiger partial charge in [-0.15, -0.1) is 0 Å². The molecule has 0 bridgehead atoms.